The fourth-order valence-electron chi connectivity index (χ4n) is 3.55. The van der Waals surface area contributed by atoms with Gasteiger partial charge in [-0.1, -0.05) is 41.6 Å². The molecule has 3 N–H and O–H groups in total. The van der Waals surface area contributed by atoms with Gasteiger partial charge in [0, 0.05) is 5.56 Å². The zero-order valence-corrected chi connectivity index (χ0v) is 16.6. The first-order valence-corrected chi connectivity index (χ1v) is 9.94. The minimum atomic E-state index is 0.553. The van der Waals surface area contributed by atoms with Gasteiger partial charge in [-0.2, -0.15) is 0 Å². The van der Waals surface area contributed by atoms with E-state index >= 15 is 0 Å². The Morgan fingerprint density at radius 3 is 2.93 bits per heavy atom. The molecule has 0 bridgehead atoms. The highest BCUT2D eigenvalue weighted by atomic mass is 35.5. The maximum absolute atomic E-state index is 6.68. The maximum Gasteiger partial charge on any atom is 0.156 e. The molecule has 8 heteroatoms. The Balaban J connectivity index is 1.64. The van der Waals surface area contributed by atoms with Crippen molar-refractivity contribution >= 4 is 40.0 Å². The van der Waals surface area contributed by atoms with Crippen LogP contribution in [0, 0.1) is 6.92 Å². The number of hydrogen-bond acceptors (Lipinski definition) is 7. The third-order valence-electron chi connectivity index (χ3n) is 4.77. The molecule has 0 fully saturated rings. The average Bonchev–Trinajstić information content (AvgIpc) is 3.06. The molecule has 0 saturated heterocycles. The lowest BCUT2D eigenvalue weighted by atomic mass is 9.94. The van der Waals surface area contributed by atoms with E-state index in [1.54, 1.807) is 12.5 Å². The molecule has 2 aromatic carbocycles. The summed E-state index contributed by atoms with van der Waals surface area (Å²) in [5.74, 6) is 7.52. The van der Waals surface area contributed by atoms with Crippen molar-refractivity contribution in [3.05, 3.63) is 75.3 Å². The summed E-state index contributed by atoms with van der Waals surface area (Å²) in [6.45, 7) is 3.06. The van der Waals surface area contributed by atoms with Crippen LogP contribution < -0.4 is 11.3 Å². The number of nitrogens with zero attached hydrogens (tertiary/aromatic N) is 2. The second kappa shape index (κ2) is 6.86. The summed E-state index contributed by atoms with van der Waals surface area (Å²) >= 11 is 8.17. The Labute approximate surface area is 170 Å². The van der Waals surface area contributed by atoms with E-state index in [2.05, 4.69) is 17.6 Å². The molecular formula is C20H17ClN4O2S. The zero-order valence-electron chi connectivity index (χ0n) is 15.0. The lowest BCUT2D eigenvalue weighted by molar-refractivity contribution is 0.103. The summed E-state index contributed by atoms with van der Waals surface area (Å²) in [4.78, 5) is 5.77. The molecule has 2 aliphatic rings. The molecule has 3 heterocycles. The van der Waals surface area contributed by atoms with E-state index in [0.29, 0.717) is 24.1 Å². The number of hydrogen-bond donors (Lipinski definition) is 2. The van der Waals surface area contributed by atoms with Crippen molar-refractivity contribution in [1.29, 1.82) is 0 Å². The minimum Gasteiger partial charge on any atom is -0.468 e. The molecule has 6 nitrogen and oxygen atoms in total. The molecule has 0 amide bonds. The first kappa shape index (κ1) is 17.6. The van der Waals surface area contributed by atoms with Crippen LogP contribution in [0.2, 0.25) is 5.02 Å². The predicted molar refractivity (Wildman–Crippen MR) is 111 cm³/mol. The number of aryl methyl sites for hydroxylation is 1. The summed E-state index contributed by atoms with van der Waals surface area (Å²) in [5, 5.41) is 4.95. The van der Waals surface area contributed by atoms with Crippen LogP contribution in [-0.2, 0) is 18.0 Å². The van der Waals surface area contributed by atoms with Crippen LogP contribution >= 0.6 is 23.4 Å². The summed E-state index contributed by atoms with van der Waals surface area (Å²) in [6.07, 6.45) is 3.39. The van der Waals surface area contributed by atoms with Gasteiger partial charge in [0.15, 0.2) is 5.84 Å². The third-order valence-corrected chi connectivity index (χ3v) is 6.11. The first-order chi connectivity index (χ1) is 13.6. The molecule has 0 unspecified atom stereocenters. The van der Waals surface area contributed by atoms with Crippen LogP contribution in [0.1, 0.15) is 22.5 Å². The lowest BCUT2D eigenvalue weighted by Crippen LogP contribution is -2.46. The van der Waals surface area contributed by atoms with E-state index in [1.807, 2.05) is 25.1 Å². The van der Waals surface area contributed by atoms with E-state index < -0.39 is 0 Å². The Bertz CT molecular complexity index is 1150. The zero-order chi connectivity index (χ0) is 19.3. The average molecular weight is 413 g/mol. The number of amidine groups is 1. The highest BCUT2D eigenvalue weighted by Gasteiger charge is 2.23. The number of aliphatic imine (C=N–C) groups is 1. The normalized spacial score (nSPS) is 16.0. The predicted octanol–water partition coefficient (Wildman–Crippen LogP) is 4.46. The van der Waals surface area contributed by atoms with Crippen molar-refractivity contribution in [1.82, 2.24) is 10.5 Å². The van der Waals surface area contributed by atoms with E-state index in [1.165, 1.54) is 22.3 Å². The number of benzene rings is 2. The molecule has 0 saturated carbocycles. The number of halogens is 1. The van der Waals surface area contributed by atoms with E-state index in [0.717, 1.165) is 37.8 Å². The largest absolute Gasteiger partial charge is 0.468 e. The fraction of sp³-hybridized carbons (Fsp3) is 0.150. The number of thioether (sulfide) groups is 1. The molecule has 142 valence electrons. The second-order valence-electron chi connectivity index (χ2n) is 6.61. The maximum atomic E-state index is 6.68. The number of hydrazine groups is 2. The van der Waals surface area contributed by atoms with Gasteiger partial charge in [-0.15, -0.1) is 0 Å². The molecule has 1 aromatic heterocycles. The quantitative estimate of drug-likeness (QED) is 0.619. The summed E-state index contributed by atoms with van der Waals surface area (Å²) in [5.41, 5.74) is 6.16. The number of ether oxygens (including phenoxy) is 1. The van der Waals surface area contributed by atoms with Gasteiger partial charge < -0.3 is 9.15 Å². The number of nitrogens with two attached hydrogens (primary N) is 1. The van der Waals surface area contributed by atoms with Gasteiger partial charge in [-0.3, -0.25) is 5.43 Å². The minimum absolute atomic E-state index is 0.553. The van der Waals surface area contributed by atoms with Gasteiger partial charge in [0.25, 0.3) is 0 Å². The van der Waals surface area contributed by atoms with Gasteiger partial charge >= 0.3 is 0 Å². The highest BCUT2D eigenvalue weighted by Crippen LogP contribution is 2.37. The van der Waals surface area contributed by atoms with Crippen molar-refractivity contribution in [2.24, 2.45) is 10.8 Å². The molecule has 3 aromatic rings. The molecular weight excluding hydrogens is 396 g/mol. The Morgan fingerprint density at radius 1 is 1.25 bits per heavy atom. The van der Waals surface area contributed by atoms with E-state index in [-0.39, 0.29) is 0 Å². The number of rotatable bonds is 3. The van der Waals surface area contributed by atoms with Crippen molar-refractivity contribution in [2.45, 2.75) is 25.0 Å². The Kier molecular flexibility index (Phi) is 4.32. The molecule has 0 atom stereocenters. The van der Waals surface area contributed by atoms with Crippen molar-refractivity contribution in [2.75, 3.05) is 0 Å². The van der Waals surface area contributed by atoms with Gasteiger partial charge in [0.2, 0.25) is 0 Å². The fourth-order valence-corrected chi connectivity index (χ4v) is 4.72. The summed E-state index contributed by atoms with van der Waals surface area (Å²) in [7, 11) is 0. The topological polar surface area (TPSA) is 76.0 Å². The van der Waals surface area contributed by atoms with Crippen LogP contribution in [0.5, 0.6) is 0 Å². The van der Waals surface area contributed by atoms with Gasteiger partial charge in [0.05, 0.1) is 35.6 Å². The molecule has 5 rings (SSSR count). The van der Waals surface area contributed by atoms with E-state index in [4.69, 9.17) is 31.6 Å². The van der Waals surface area contributed by atoms with Crippen LogP contribution in [0.25, 0.3) is 10.8 Å². The molecule has 28 heavy (non-hydrogen) atoms. The van der Waals surface area contributed by atoms with Crippen molar-refractivity contribution < 1.29 is 9.15 Å². The van der Waals surface area contributed by atoms with E-state index in [9.17, 15) is 0 Å². The lowest BCUT2D eigenvalue weighted by Gasteiger charge is -2.26. The van der Waals surface area contributed by atoms with Crippen LogP contribution in [0.15, 0.2) is 62.1 Å². The first-order valence-electron chi connectivity index (χ1n) is 8.74. The number of furan rings is 1. The van der Waals surface area contributed by atoms with Crippen LogP contribution in [0.4, 0.5) is 0 Å². The summed E-state index contributed by atoms with van der Waals surface area (Å²) < 4.78 is 11.1. The molecule has 2 aliphatic heterocycles. The van der Waals surface area contributed by atoms with Gasteiger partial charge in [0.1, 0.15) is 10.8 Å². The molecule has 0 radical (unpaired) electrons. The van der Waals surface area contributed by atoms with Gasteiger partial charge in [-0.25, -0.2) is 16.0 Å². The Morgan fingerprint density at radius 2 is 2.11 bits per heavy atom. The van der Waals surface area contributed by atoms with Crippen molar-refractivity contribution in [3.63, 3.8) is 0 Å². The summed E-state index contributed by atoms with van der Waals surface area (Å²) in [6, 6.07) is 10.0. The van der Waals surface area contributed by atoms with Crippen LogP contribution in [-0.4, -0.2) is 11.0 Å². The third kappa shape index (κ3) is 2.97. The van der Waals surface area contributed by atoms with Crippen LogP contribution in [0.3, 0.4) is 0 Å². The van der Waals surface area contributed by atoms with Crippen molar-refractivity contribution in [3.8, 4) is 0 Å². The number of nitrogens with one attached hydrogen (secondary N) is 1. The molecule has 0 aliphatic carbocycles. The smallest absolute Gasteiger partial charge is 0.156 e. The molecule has 0 spiro atoms. The monoisotopic (exact) mass is 412 g/mol. The Hall–Kier alpha value is -2.45. The standard InChI is InChI=1S/C20H17ClN4O2S/c1-11-16(5-6-27-11)28-17-8-25(22)24-20(23-17)19-14-4-2-3-12-9-26-10-13(18(12)14)7-15(19)21/h2-8H,9-10,22H2,1H3,(H,23,24). The van der Waals surface area contributed by atoms with Gasteiger partial charge in [-0.05, 0) is 41.0 Å². The SMILES string of the molecule is Cc1occc1SC1=CN(N)NC(c2c(Cl)cc3c4c(cccc24)COC3)=N1. The highest BCUT2D eigenvalue weighted by molar-refractivity contribution is 8.03. The second-order valence-corrected chi connectivity index (χ2v) is 8.08.